The highest BCUT2D eigenvalue weighted by Crippen LogP contribution is 2.37. The number of benzene rings is 2. The van der Waals surface area contributed by atoms with Crippen LogP contribution in [0.1, 0.15) is 5.56 Å². The van der Waals surface area contributed by atoms with Gasteiger partial charge in [0.05, 0.1) is 6.54 Å². The second-order valence-electron chi connectivity index (χ2n) is 5.07. The number of dihydropyridines is 1. The van der Waals surface area contributed by atoms with Crippen LogP contribution in [-0.4, -0.2) is 24.0 Å². The van der Waals surface area contributed by atoms with E-state index in [2.05, 4.69) is 4.99 Å². The number of allylic oxidation sites excluding steroid dienone is 1. The van der Waals surface area contributed by atoms with Crippen LogP contribution in [0.25, 0.3) is 5.57 Å². The summed E-state index contributed by atoms with van der Waals surface area (Å²) in [5, 5.41) is 1.45. The maximum atomic E-state index is 13.1. The number of rotatable bonds is 2. The van der Waals surface area contributed by atoms with Crippen molar-refractivity contribution < 1.29 is 14.1 Å². The van der Waals surface area contributed by atoms with Crippen LogP contribution in [0.2, 0.25) is 0 Å². The van der Waals surface area contributed by atoms with Crippen molar-refractivity contribution in [3.63, 3.8) is 0 Å². The molecule has 0 N–H and O–H groups in total. The normalized spacial score (nSPS) is 20.0. The number of halogens is 1. The van der Waals surface area contributed by atoms with E-state index in [1.165, 1.54) is 17.4 Å². The first-order chi connectivity index (χ1) is 10.8. The zero-order chi connectivity index (χ0) is 14.9. The fourth-order valence-electron chi connectivity index (χ4n) is 2.56. The van der Waals surface area contributed by atoms with E-state index in [4.69, 9.17) is 9.68 Å². The molecule has 5 heteroatoms. The van der Waals surface area contributed by atoms with E-state index in [-0.39, 0.29) is 11.9 Å². The van der Waals surface area contributed by atoms with Crippen molar-refractivity contribution in [2.45, 2.75) is 6.04 Å². The maximum Gasteiger partial charge on any atom is 0.196 e. The Hall–Kier alpha value is -2.66. The van der Waals surface area contributed by atoms with E-state index < -0.39 is 0 Å². The molecule has 22 heavy (non-hydrogen) atoms. The molecule has 0 unspecified atom stereocenters. The lowest BCUT2D eigenvalue weighted by Gasteiger charge is -2.26. The zero-order valence-electron chi connectivity index (χ0n) is 11.6. The predicted molar refractivity (Wildman–Crippen MR) is 81.1 cm³/mol. The molecule has 0 amide bonds. The lowest BCUT2D eigenvalue weighted by atomic mass is 9.97. The minimum absolute atomic E-state index is 0.192. The summed E-state index contributed by atoms with van der Waals surface area (Å²) in [4.78, 5) is 15.8. The molecule has 4 nitrogen and oxygen atoms in total. The zero-order valence-corrected chi connectivity index (χ0v) is 11.6. The van der Waals surface area contributed by atoms with Gasteiger partial charge in [0.1, 0.15) is 11.9 Å². The van der Waals surface area contributed by atoms with Crippen molar-refractivity contribution in [2.75, 3.05) is 6.54 Å². The predicted octanol–water partition coefficient (Wildman–Crippen LogP) is 3.27. The molecule has 2 aliphatic heterocycles. The van der Waals surface area contributed by atoms with E-state index >= 15 is 0 Å². The third kappa shape index (κ3) is 2.25. The van der Waals surface area contributed by atoms with Crippen LogP contribution < -0.4 is 9.68 Å². The van der Waals surface area contributed by atoms with Crippen molar-refractivity contribution in [3.8, 4) is 11.5 Å². The highest BCUT2D eigenvalue weighted by Gasteiger charge is 2.33. The van der Waals surface area contributed by atoms with Crippen molar-refractivity contribution >= 4 is 11.8 Å². The van der Waals surface area contributed by atoms with E-state index in [1.807, 2.05) is 30.3 Å². The van der Waals surface area contributed by atoms with Crippen LogP contribution >= 0.6 is 0 Å². The number of fused-ring (bicyclic) bond motifs is 1. The minimum Gasteiger partial charge on any atom is -0.366 e. The third-order valence-electron chi connectivity index (χ3n) is 3.65. The summed E-state index contributed by atoms with van der Waals surface area (Å²) in [5.41, 5.74) is 1.89. The van der Waals surface area contributed by atoms with Gasteiger partial charge in [-0.1, -0.05) is 24.3 Å². The van der Waals surface area contributed by atoms with Crippen LogP contribution in [0.5, 0.6) is 11.5 Å². The molecule has 0 aromatic heterocycles. The maximum absolute atomic E-state index is 13.1. The van der Waals surface area contributed by atoms with Crippen LogP contribution in [0, 0.1) is 5.82 Å². The molecule has 0 radical (unpaired) electrons. The molecule has 4 rings (SSSR count). The van der Waals surface area contributed by atoms with Gasteiger partial charge < -0.3 is 9.68 Å². The van der Waals surface area contributed by atoms with Crippen molar-refractivity contribution in [1.29, 1.82) is 0 Å². The van der Waals surface area contributed by atoms with Gasteiger partial charge in [-0.25, -0.2) is 4.39 Å². The average Bonchev–Trinajstić information content (AvgIpc) is 2.99. The van der Waals surface area contributed by atoms with E-state index in [0.717, 1.165) is 11.1 Å². The quantitative estimate of drug-likeness (QED) is 0.853. The lowest BCUT2D eigenvalue weighted by Crippen LogP contribution is -2.41. The highest BCUT2D eigenvalue weighted by molar-refractivity contribution is 5.88. The summed E-state index contributed by atoms with van der Waals surface area (Å²) in [5.74, 6) is 1.09. The fraction of sp³-hybridized carbons (Fsp3) is 0.118. The Kier molecular flexibility index (Phi) is 3.12. The molecule has 0 bridgehead atoms. The Labute approximate surface area is 127 Å². The summed E-state index contributed by atoms with van der Waals surface area (Å²) >= 11 is 0. The molecule has 2 aromatic rings. The van der Waals surface area contributed by atoms with Crippen LogP contribution in [0.15, 0.2) is 59.6 Å². The Balaban J connectivity index is 1.63. The number of aliphatic imine (C=N–C) groups is 1. The second-order valence-corrected chi connectivity index (χ2v) is 5.07. The number of nitrogens with zero attached hydrogens (tertiary/aromatic N) is 2. The SMILES string of the molecule is Fc1ccc(C2=CC=NC[C@@H]2N2Oc3ccccc3O2)cc1. The molecule has 2 aromatic carbocycles. The molecule has 1 atom stereocenters. The first-order valence-corrected chi connectivity index (χ1v) is 7.01. The first kappa shape index (κ1) is 13.0. The van der Waals surface area contributed by atoms with E-state index in [9.17, 15) is 4.39 Å². The topological polar surface area (TPSA) is 34.1 Å². The molecule has 2 heterocycles. The molecular formula is C17H13FN2O2. The van der Waals surface area contributed by atoms with E-state index in [1.54, 1.807) is 18.3 Å². The lowest BCUT2D eigenvalue weighted by molar-refractivity contribution is -0.239. The van der Waals surface area contributed by atoms with E-state index in [0.29, 0.717) is 18.0 Å². The summed E-state index contributed by atoms with van der Waals surface area (Å²) in [7, 11) is 0. The smallest absolute Gasteiger partial charge is 0.196 e. The molecule has 110 valence electrons. The van der Waals surface area contributed by atoms with Gasteiger partial charge in [0.15, 0.2) is 11.5 Å². The summed E-state index contributed by atoms with van der Waals surface area (Å²) in [6, 6.07) is 13.7. The number of para-hydroxylation sites is 2. The monoisotopic (exact) mass is 296 g/mol. The van der Waals surface area contributed by atoms with Gasteiger partial charge in [-0.15, -0.1) is 0 Å². The highest BCUT2D eigenvalue weighted by atomic mass is 19.1. The third-order valence-corrected chi connectivity index (χ3v) is 3.65. The summed E-state index contributed by atoms with van der Waals surface area (Å²) < 4.78 is 13.1. The standard InChI is InChI=1S/C17H13FN2O2/c18-13-7-5-12(6-8-13)14-9-10-19-11-15(14)20-21-16-3-1-2-4-17(16)22-20/h1-10,15H,11H2/t15-/m0/s1. The first-order valence-electron chi connectivity index (χ1n) is 7.01. The van der Waals surface area contributed by atoms with Gasteiger partial charge in [0.2, 0.25) is 0 Å². The van der Waals surface area contributed by atoms with Gasteiger partial charge in [-0.3, -0.25) is 4.99 Å². The molecule has 0 saturated heterocycles. The Morgan fingerprint density at radius 3 is 2.36 bits per heavy atom. The molecule has 2 aliphatic rings. The van der Waals surface area contributed by atoms with Crippen LogP contribution in [0.3, 0.4) is 0 Å². The average molecular weight is 296 g/mol. The van der Waals surface area contributed by atoms with Crippen LogP contribution in [0.4, 0.5) is 4.39 Å². The van der Waals surface area contributed by atoms with Crippen molar-refractivity contribution in [3.05, 3.63) is 66.0 Å². The second kappa shape index (κ2) is 5.27. The molecule has 0 spiro atoms. The molecule has 0 aliphatic carbocycles. The summed E-state index contributed by atoms with van der Waals surface area (Å²) in [6.07, 6.45) is 3.65. The molecule has 0 saturated carbocycles. The Bertz CT molecular complexity index is 731. The Morgan fingerprint density at radius 1 is 1.00 bits per heavy atom. The van der Waals surface area contributed by atoms with Crippen LogP contribution in [-0.2, 0) is 0 Å². The minimum atomic E-state index is -0.258. The van der Waals surface area contributed by atoms with Gasteiger partial charge >= 0.3 is 0 Å². The van der Waals surface area contributed by atoms with Gasteiger partial charge in [-0.2, -0.15) is 0 Å². The number of hydrogen-bond acceptors (Lipinski definition) is 4. The van der Waals surface area contributed by atoms with Gasteiger partial charge in [0.25, 0.3) is 0 Å². The van der Waals surface area contributed by atoms with Crippen molar-refractivity contribution in [2.24, 2.45) is 4.99 Å². The fourth-order valence-corrected chi connectivity index (χ4v) is 2.56. The molecule has 0 fully saturated rings. The summed E-state index contributed by atoms with van der Waals surface area (Å²) in [6.45, 7) is 0.511. The molecular weight excluding hydrogens is 283 g/mol. The van der Waals surface area contributed by atoms with Crippen molar-refractivity contribution in [1.82, 2.24) is 5.23 Å². The number of hydrogen-bond donors (Lipinski definition) is 0. The van der Waals surface area contributed by atoms with Gasteiger partial charge in [0, 0.05) is 11.4 Å². The largest absolute Gasteiger partial charge is 0.366 e. The Morgan fingerprint density at radius 2 is 1.68 bits per heavy atom. The van der Waals surface area contributed by atoms with Gasteiger partial charge in [-0.05, 0) is 41.5 Å². The number of hydroxylamine groups is 2.